The van der Waals surface area contributed by atoms with Crippen LogP contribution < -0.4 is 16.0 Å². The van der Waals surface area contributed by atoms with E-state index in [2.05, 4.69) is 27.3 Å². The molecule has 2 aromatic carbocycles. The van der Waals surface area contributed by atoms with Gasteiger partial charge >= 0.3 is 0 Å². The summed E-state index contributed by atoms with van der Waals surface area (Å²) in [6, 6.07) is 19.6. The van der Waals surface area contributed by atoms with Gasteiger partial charge in [-0.15, -0.1) is 0 Å². The van der Waals surface area contributed by atoms with Crippen LogP contribution in [0.4, 0.5) is 11.4 Å². The molecule has 4 unspecified atom stereocenters. The lowest BCUT2D eigenvalue weighted by Gasteiger charge is -2.69. The molecule has 0 bridgehead atoms. The molecule has 7 nitrogen and oxygen atoms in total. The first kappa shape index (κ1) is 26.5. The Labute approximate surface area is 236 Å². The molecule has 3 aromatic rings. The van der Waals surface area contributed by atoms with Gasteiger partial charge in [0.25, 0.3) is 5.91 Å². The first-order chi connectivity index (χ1) is 19.5. The van der Waals surface area contributed by atoms with E-state index in [9.17, 15) is 9.90 Å². The Hall–Kier alpha value is -3.71. The van der Waals surface area contributed by atoms with Gasteiger partial charge in [-0.2, -0.15) is 0 Å². The number of nitrogens with one attached hydrogen (secondary N) is 2. The molecule has 1 saturated heterocycles. The van der Waals surface area contributed by atoms with Crippen LogP contribution in [-0.2, 0) is 6.54 Å². The molecule has 1 amide bonds. The molecule has 4 aliphatic rings. The summed E-state index contributed by atoms with van der Waals surface area (Å²) in [5.74, 6) is -0.236. The molecule has 7 heteroatoms. The zero-order chi connectivity index (χ0) is 27.7. The largest absolute Gasteiger partial charge is 0.398 e. The second-order valence-electron chi connectivity index (χ2n) is 11.8. The fourth-order valence-electron chi connectivity index (χ4n) is 7.25. The lowest BCUT2D eigenvalue weighted by molar-refractivity contribution is -0.0202. The maximum absolute atomic E-state index is 12.7. The fourth-order valence-corrected chi connectivity index (χ4v) is 7.25. The van der Waals surface area contributed by atoms with Crippen molar-refractivity contribution < 1.29 is 9.90 Å². The van der Waals surface area contributed by atoms with Gasteiger partial charge in [0.15, 0.2) is 0 Å². The third-order valence-electron chi connectivity index (χ3n) is 9.44. The Morgan fingerprint density at radius 2 is 1.75 bits per heavy atom. The van der Waals surface area contributed by atoms with Crippen molar-refractivity contribution in [2.24, 2.45) is 5.41 Å². The van der Waals surface area contributed by atoms with E-state index in [0.29, 0.717) is 40.9 Å². The number of aliphatic hydroxyl groups is 1. The maximum Gasteiger partial charge on any atom is 0.251 e. The third-order valence-corrected chi connectivity index (χ3v) is 9.44. The molecule has 3 saturated carbocycles. The number of carbonyl (C=O) groups excluding carboxylic acids is 1. The highest BCUT2D eigenvalue weighted by Crippen LogP contribution is 2.66. The van der Waals surface area contributed by atoms with Gasteiger partial charge in [-0.3, -0.25) is 15.2 Å². The highest BCUT2D eigenvalue weighted by molar-refractivity contribution is 6.15. The summed E-state index contributed by atoms with van der Waals surface area (Å²) in [6.07, 6.45) is 13.2. The molecule has 5 N–H and O–H groups in total. The SMILES string of the molecule is C1CCCC1.N=C(c1ccc(N2C3CCC34CC(O)CC24)cc1)c1cc(C(=O)NCc2ccccn2)ccc1N. The van der Waals surface area contributed by atoms with Gasteiger partial charge in [-0.05, 0) is 68.1 Å². The Balaban J connectivity index is 0.000000523. The summed E-state index contributed by atoms with van der Waals surface area (Å²) in [5, 5.41) is 21.9. The highest BCUT2D eigenvalue weighted by Gasteiger charge is 2.69. The first-order valence-electron chi connectivity index (χ1n) is 14.7. The summed E-state index contributed by atoms with van der Waals surface area (Å²) < 4.78 is 0. The molecule has 3 aliphatic carbocycles. The topological polar surface area (TPSA) is 115 Å². The number of nitrogen functional groups attached to an aromatic ring is 1. The van der Waals surface area contributed by atoms with Crippen LogP contribution in [0, 0.1) is 10.8 Å². The van der Waals surface area contributed by atoms with Crippen molar-refractivity contribution in [2.75, 3.05) is 10.6 Å². The molecule has 40 heavy (non-hydrogen) atoms. The number of rotatable bonds is 6. The van der Waals surface area contributed by atoms with Crippen LogP contribution >= 0.6 is 0 Å². The van der Waals surface area contributed by atoms with Gasteiger partial charge in [0.05, 0.1) is 24.1 Å². The summed E-state index contributed by atoms with van der Waals surface area (Å²) in [4.78, 5) is 19.4. The zero-order valence-electron chi connectivity index (χ0n) is 23.0. The van der Waals surface area contributed by atoms with Crippen LogP contribution in [0.2, 0.25) is 0 Å². The average molecular weight is 538 g/mol. The molecule has 1 aromatic heterocycles. The average Bonchev–Trinajstić information content (AvgIpc) is 3.67. The molecule has 1 spiro atoms. The molecule has 2 heterocycles. The number of nitrogens with two attached hydrogens (primary N) is 1. The normalized spacial score (nSPS) is 25.9. The molecule has 4 fully saturated rings. The smallest absolute Gasteiger partial charge is 0.251 e. The predicted octanol–water partition coefficient (Wildman–Crippen LogP) is 5.45. The van der Waals surface area contributed by atoms with Crippen LogP contribution in [0.15, 0.2) is 66.9 Å². The number of anilines is 2. The minimum absolute atomic E-state index is 0.184. The molecule has 7 rings (SSSR count). The summed E-state index contributed by atoms with van der Waals surface area (Å²) >= 11 is 0. The van der Waals surface area contributed by atoms with Crippen LogP contribution in [0.25, 0.3) is 0 Å². The quantitative estimate of drug-likeness (QED) is 0.246. The second kappa shape index (κ2) is 11.0. The van der Waals surface area contributed by atoms with Gasteiger partial charge < -0.3 is 21.1 Å². The van der Waals surface area contributed by atoms with Crippen molar-refractivity contribution in [3.63, 3.8) is 0 Å². The van der Waals surface area contributed by atoms with E-state index in [-0.39, 0.29) is 17.7 Å². The highest BCUT2D eigenvalue weighted by atomic mass is 16.3. The monoisotopic (exact) mass is 537 g/mol. The van der Waals surface area contributed by atoms with E-state index in [1.807, 2.05) is 30.3 Å². The van der Waals surface area contributed by atoms with Crippen LogP contribution in [0.3, 0.4) is 0 Å². The number of pyridine rings is 1. The van der Waals surface area contributed by atoms with Crippen molar-refractivity contribution in [2.45, 2.75) is 82.5 Å². The van der Waals surface area contributed by atoms with Gasteiger partial charge in [-0.1, -0.05) is 50.3 Å². The Morgan fingerprint density at radius 3 is 2.40 bits per heavy atom. The van der Waals surface area contributed by atoms with E-state index >= 15 is 0 Å². The van der Waals surface area contributed by atoms with Crippen molar-refractivity contribution >= 4 is 23.0 Å². The van der Waals surface area contributed by atoms with E-state index in [0.717, 1.165) is 29.8 Å². The van der Waals surface area contributed by atoms with E-state index < -0.39 is 0 Å². The van der Waals surface area contributed by atoms with E-state index in [1.165, 1.54) is 44.9 Å². The van der Waals surface area contributed by atoms with Gasteiger partial charge in [-0.25, -0.2) is 0 Å². The van der Waals surface area contributed by atoms with Gasteiger partial charge in [0.2, 0.25) is 0 Å². The number of piperidine rings is 1. The number of benzene rings is 2. The Bertz CT molecular complexity index is 1360. The number of nitrogens with zero attached hydrogens (tertiary/aromatic N) is 2. The molecule has 0 radical (unpaired) electrons. The van der Waals surface area contributed by atoms with Gasteiger partial charge in [0, 0.05) is 51.8 Å². The molecular weight excluding hydrogens is 498 g/mol. The molecule has 1 aliphatic heterocycles. The Morgan fingerprint density at radius 1 is 1.02 bits per heavy atom. The number of aromatic nitrogens is 1. The van der Waals surface area contributed by atoms with Gasteiger partial charge in [0.1, 0.15) is 0 Å². The molecule has 208 valence electrons. The Kier molecular flexibility index (Phi) is 7.32. The maximum atomic E-state index is 12.7. The minimum atomic E-state index is -0.236. The van der Waals surface area contributed by atoms with Crippen LogP contribution in [0.1, 0.15) is 85.0 Å². The van der Waals surface area contributed by atoms with Crippen LogP contribution in [0.5, 0.6) is 0 Å². The van der Waals surface area contributed by atoms with E-state index in [4.69, 9.17) is 11.1 Å². The van der Waals surface area contributed by atoms with Crippen molar-refractivity contribution in [1.82, 2.24) is 10.3 Å². The van der Waals surface area contributed by atoms with Crippen LogP contribution in [-0.4, -0.2) is 39.9 Å². The standard InChI is InChI=1S/C28H29N5O2.C5H10/c29-23-9-6-18(27(35)32-16-19-3-1-2-12-31-19)13-22(23)26(30)17-4-7-20(8-5-17)33-24-10-11-28(24)15-21(34)14-25(28)33;1-2-4-5-3-1/h1-9,12-13,21,24-25,30,34H,10-11,14-16,29H2,(H,32,35);1-5H2. The number of amides is 1. The number of aliphatic hydroxyl groups excluding tert-OH is 1. The van der Waals surface area contributed by atoms with E-state index in [1.54, 1.807) is 24.4 Å². The third kappa shape index (κ3) is 4.87. The predicted molar refractivity (Wildman–Crippen MR) is 159 cm³/mol. The summed E-state index contributed by atoms with van der Waals surface area (Å²) in [7, 11) is 0. The summed E-state index contributed by atoms with van der Waals surface area (Å²) in [5.41, 5.74) is 10.9. The van der Waals surface area contributed by atoms with Crippen molar-refractivity contribution in [3.05, 3.63) is 89.2 Å². The lowest BCUT2D eigenvalue weighted by Crippen LogP contribution is -2.75. The number of hydrogen-bond donors (Lipinski definition) is 4. The lowest BCUT2D eigenvalue weighted by atomic mass is 9.53. The number of carbonyl (C=O) groups is 1. The molecule has 4 atom stereocenters. The summed E-state index contributed by atoms with van der Waals surface area (Å²) in [6.45, 7) is 0.328. The van der Waals surface area contributed by atoms with Crippen molar-refractivity contribution in [1.29, 1.82) is 5.41 Å². The molecular formula is C33H39N5O2. The minimum Gasteiger partial charge on any atom is -0.398 e. The fraction of sp³-hybridized carbons (Fsp3) is 0.424. The zero-order valence-corrected chi connectivity index (χ0v) is 23.0. The first-order valence-corrected chi connectivity index (χ1v) is 14.7. The van der Waals surface area contributed by atoms with Crippen molar-refractivity contribution in [3.8, 4) is 0 Å². The number of hydrogen-bond acceptors (Lipinski definition) is 6. The second-order valence-corrected chi connectivity index (χ2v) is 11.8.